The van der Waals surface area contributed by atoms with Crippen LogP contribution in [-0.4, -0.2) is 49.7 Å². The van der Waals surface area contributed by atoms with E-state index in [0.717, 1.165) is 0 Å². The molecule has 0 spiro atoms. The van der Waals surface area contributed by atoms with E-state index in [1.807, 2.05) is 0 Å². The summed E-state index contributed by atoms with van der Waals surface area (Å²) in [6.45, 7) is 2.67. The smallest absolute Gasteiger partial charge is 0.240 e. The van der Waals surface area contributed by atoms with Gasteiger partial charge in [0.2, 0.25) is 5.91 Å². The summed E-state index contributed by atoms with van der Waals surface area (Å²) < 4.78 is 5.10. The van der Waals surface area contributed by atoms with Crippen LogP contribution in [0.1, 0.15) is 0 Å². The molecule has 4 N–H and O–H groups in total. The average molecular weight is 173 g/mol. The van der Waals surface area contributed by atoms with Gasteiger partial charge in [0.25, 0.3) is 0 Å². The van der Waals surface area contributed by atoms with E-state index in [-0.39, 0.29) is 12.5 Å². The van der Waals surface area contributed by atoms with Crippen molar-refractivity contribution in [2.45, 2.75) is 6.04 Å². The molecule has 0 radical (unpaired) electrons. The van der Waals surface area contributed by atoms with E-state index in [2.05, 4.69) is 0 Å². The summed E-state index contributed by atoms with van der Waals surface area (Å²) in [5, 5.41) is 0. The van der Waals surface area contributed by atoms with Gasteiger partial charge >= 0.3 is 0 Å². The maximum absolute atomic E-state index is 11.4. The fraction of sp³-hybridized carbons (Fsp3) is 0.857. The Balaban J connectivity index is 2.39. The Labute approximate surface area is 71.6 Å². The van der Waals surface area contributed by atoms with E-state index < -0.39 is 6.04 Å². The summed E-state index contributed by atoms with van der Waals surface area (Å²) in [4.78, 5) is 13.1. The highest BCUT2D eigenvalue weighted by atomic mass is 16.5. The molecule has 0 saturated carbocycles. The van der Waals surface area contributed by atoms with Crippen LogP contribution in [0.3, 0.4) is 0 Å². The number of nitrogens with two attached hydrogens (primary N) is 2. The first-order chi connectivity index (χ1) is 5.75. The lowest BCUT2D eigenvalue weighted by molar-refractivity contribution is -0.136. The minimum Gasteiger partial charge on any atom is -0.378 e. The Bertz CT molecular complexity index is 157. The van der Waals surface area contributed by atoms with Crippen LogP contribution in [0.15, 0.2) is 0 Å². The van der Waals surface area contributed by atoms with Crippen LogP contribution in [-0.2, 0) is 9.53 Å². The third-order valence-electron chi connectivity index (χ3n) is 1.89. The van der Waals surface area contributed by atoms with Gasteiger partial charge in [-0.2, -0.15) is 0 Å². The number of hydrogen-bond acceptors (Lipinski definition) is 4. The molecule has 1 atom stereocenters. The van der Waals surface area contributed by atoms with E-state index in [9.17, 15) is 4.79 Å². The van der Waals surface area contributed by atoms with Crippen molar-refractivity contribution in [1.82, 2.24) is 4.90 Å². The van der Waals surface area contributed by atoms with Crippen molar-refractivity contribution in [3.63, 3.8) is 0 Å². The molecule has 0 aliphatic carbocycles. The monoisotopic (exact) mass is 173 g/mol. The highest BCUT2D eigenvalue weighted by molar-refractivity contribution is 5.81. The fourth-order valence-electron chi connectivity index (χ4n) is 1.12. The van der Waals surface area contributed by atoms with Gasteiger partial charge in [-0.25, -0.2) is 0 Å². The van der Waals surface area contributed by atoms with Gasteiger partial charge in [-0.1, -0.05) is 0 Å². The minimum atomic E-state index is -0.553. The zero-order valence-electron chi connectivity index (χ0n) is 7.03. The molecule has 0 unspecified atom stereocenters. The second-order valence-corrected chi connectivity index (χ2v) is 2.78. The molecule has 1 aliphatic heterocycles. The van der Waals surface area contributed by atoms with Gasteiger partial charge in [0, 0.05) is 19.6 Å². The Kier molecular flexibility index (Phi) is 3.46. The molecule has 0 aromatic carbocycles. The predicted octanol–water partition coefficient (Wildman–Crippen LogP) is -1.87. The van der Waals surface area contributed by atoms with Crippen LogP contribution < -0.4 is 11.5 Å². The standard InChI is InChI=1S/C7H15N3O2/c8-5-6(9)7(11)10-1-3-12-4-2-10/h6H,1-5,8-9H2/t6-/m1/s1. The van der Waals surface area contributed by atoms with E-state index in [1.54, 1.807) is 4.90 Å². The number of ether oxygens (including phenoxy) is 1. The number of nitrogens with zero attached hydrogens (tertiary/aromatic N) is 1. The molecule has 70 valence electrons. The van der Waals surface area contributed by atoms with Crippen LogP contribution in [0.2, 0.25) is 0 Å². The molecule has 5 nitrogen and oxygen atoms in total. The van der Waals surface area contributed by atoms with Gasteiger partial charge in [-0.3, -0.25) is 4.79 Å². The summed E-state index contributed by atoms with van der Waals surface area (Å²) in [7, 11) is 0. The lowest BCUT2D eigenvalue weighted by atomic mass is 10.2. The molecule has 1 fully saturated rings. The van der Waals surface area contributed by atoms with Gasteiger partial charge in [0.05, 0.1) is 19.3 Å². The van der Waals surface area contributed by atoms with Crippen molar-refractivity contribution in [2.24, 2.45) is 11.5 Å². The maximum atomic E-state index is 11.4. The largest absolute Gasteiger partial charge is 0.378 e. The normalized spacial score (nSPS) is 20.7. The predicted molar refractivity (Wildman–Crippen MR) is 44.4 cm³/mol. The third kappa shape index (κ3) is 2.17. The lowest BCUT2D eigenvalue weighted by Gasteiger charge is -2.28. The maximum Gasteiger partial charge on any atom is 0.240 e. The Hall–Kier alpha value is -0.650. The molecule has 0 aromatic rings. The van der Waals surface area contributed by atoms with Crippen molar-refractivity contribution in [3.8, 4) is 0 Å². The van der Waals surface area contributed by atoms with Gasteiger partial charge in [-0.05, 0) is 0 Å². The van der Waals surface area contributed by atoms with Gasteiger partial charge in [0.15, 0.2) is 0 Å². The molecule has 1 amide bonds. The molecule has 1 aliphatic rings. The molecular weight excluding hydrogens is 158 g/mol. The van der Waals surface area contributed by atoms with Crippen LogP contribution in [0.4, 0.5) is 0 Å². The zero-order chi connectivity index (χ0) is 8.97. The van der Waals surface area contributed by atoms with Crippen LogP contribution in [0.25, 0.3) is 0 Å². The number of morpholine rings is 1. The number of hydrogen-bond donors (Lipinski definition) is 2. The molecule has 5 heteroatoms. The molecule has 0 aromatic heterocycles. The topological polar surface area (TPSA) is 81.6 Å². The van der Waals surface area contributed by atoms with Gasteiger partial charge < -0.3 is 21.1 Å². The first kappa shape index (κ1) is 9.44. The van der Waals surface area contributed by atoms with Crippen molar-refractivity contribution in [2.75, 3.05) is 32.8 Å². The van der Waals surface area contributed by atoms with Crippen LogP contribution >= 0.6 is 0 Å². The Morgan fingerprint density at radius 3 is 2.58 bits per heavy atom. The third-order valence-corrected chi connectivity index (χ3v) is 1.89. The minimum absolute atomic E-state index is 0.0687. The number of amides is 1. The summed E-state index contributed by atoms with van der Waals surface area (Å²) in [6.07, 6.45) is 0. The van der Waals surface area contributed by atoms with E-state index >= 15 is 0 Å². The SMILES string of the molecule is NC[C@@H](N)C(=O)N1CCOCC1. The fourth-order valence-corrected chi connectivity index (χ4v) is 1.12. The Morgan fingerprint density at radius 1 is 1.50 bits per heavy atom. The van der Waals surface area contributed by atoms with E-state index in [0.29, 0.717) is 26.3 Å². The van der Waals surface area contributed by atoms with E-state index in [4.69, 9.17) is 16.2 Å². The number of rotatable bonds is 2. The van der Waals surface area contributed by atoms with E-state index in [1.165, 1.54) is 0 Å². The van der Waals surface area contributed by atoms with Crippen LogP contribution in [0, 0.1) is 0 Å². The van der Waals surface area contributed by atoms with Crippen molar-refractivity contribution in [3.05, 3.63) is 0 Å². The first-order valence-corrected chi connectivity index (χ1v) is 4.08. The van der Waals surface area contributed by atoms with Crippen molar-refractivity contribution < 1.29 is 9.53 Å². The summed E-state index contributed by atoms with van der Waals surface area (Å²) in [5.41, 5.74) is 10.8. The van der Waals surface area contributed by atoms with Crippen molar-refractivity contribution >= 4 is 5.91 Å². The number of carbonyl (C=O) groups is 1. The molecule has 1 rings (SSSR count). The second-order valence-electron chi connectivity index (χ2n) is 2.78. The zero-order valence-corrected chi connectivity index (χ0v) is 7.03. The highest BCUT2D eigenvalue weighted by Gasteiger charge is 2.21. The summed E-state index contributed by atoms with van der Waals surface area (Å²) >= 11 is 0. The highest BCUT2D eigenvalue weighted by Crippen LogP contribution is 1.98. The van der Waals surface area contributed by atoms with Crippen LogP contribution in [0.5, 0.6) is 0 Å². The summed E-state index contributed by atoms with van der Waals surface area (Å²) in [5.74, 6) is -0.0687. The number of carbonyl (C=O) groups excluding carboxylic acids is 1. The average Bonchev–Trinajstić information content (AvgIpc) is 2.17. The van der Waals surface area contributed by atoms with Gasteiger partial charge in [-0.15, -0.1) is 0 Å². The molecule has 1 saturated heterocycles. The van der Waals surface area contributed by atoms with Gasteiger partial charge in [0.1, 0.15) is 0 Å². The second kappa shape index (κ2) is 4.39. The first-order valence-electron chi connectivity index (χ1n) is 4.08. The molecule has 1 heterocycles. The van der Waals surface area contributed by atoms with Crippen molar-refractivity contribution in [1.29, 1.82) is 0 Å². The lowest BCUT2D eigenvalue weighted by Crippen LogP contribution is -2.51. The molecule has 0 bridgehead atoms. The molecule has 12 heavy (non-hydrogen) atoms. The molecular formula is C7H15N3O2. The quantitative estimate of drug-likeness (QED) is 0.512. The Morgan fingerprint density at radius 2 is 2.08 bits per heavy atom. The summed E-state index contributed by atoms with van der Waals surface area (Å²) in [6, 6.07) is -0.553.